The van der Waals surface area contributed by atoms with Gasteiger partial charge in [0.2, 0.25) is 0 Å². The summed E-state index contributed by atoms with van der Waals surface area (Å²) in [4.78, 5) is 22.2. The smallest absolute Gasteiger partial charge is 0.343 e. The number of halogens is 1. The van der Waals surface area contributed by atoms with Crippen LogP contribution in [0.4, 0.5) is 15.8 Å². The van der Waals surface area contributed by atoms with Crippen LogP contribution in [-0.2, 0) is 0 Å². The van der Waals surface area contributed by atoms with Crippen LogP contribution in [0.2, 0.25) is 0 Å². The first kappa shape index (κ1) is 18.7. The van der Waals surface area contributed by atoms with Crippen molar-refractivity contribution in [3.05, 3.63) is 99.9 Å². The molecule has 0 fully saturated rings. The Morgan fingerprint density at radius 3 is 2.46 bits per heavy atom. The molecule has 7 nitrogen and oxygen atoms in total. The standard InChI is InChI=1S/C20H14FN3O4/c21-16-8-6-15(7-9-16)20(25)28-19-10-4-14(5-11-19)13-22-23-17-2-1-3-18(12-17)24(26)27/h1-13,23H. The number of nitro groups is 1. The zero-order chi connectivity index (χ0) is 19.9. The third-order valence-electron chi connectivity index (χ3n) is 3.63. The maximum absolute atomic E-state index is 12.9. The van der Waals surface area contributed by atoms with Gasteiger partial charge in [-0.05, 0) is 60.2 Å². The van der Waals surface area contributed by atoms with Gasteiger partial charge >= 0.3 is 5.97 Å². The van der Waals surface area contributed by atoms with E-state index in [1.165, 1.54) is 42.6 Å². The molecule has 0 bridgehead atoms. The Balaban J connectivity index is 1.59. The Kier molecular flexibility index (Phi) is 5.71. The van der Waals surface area contributed by atoms with Gasteiger partial charge in [0.25, 0.3) is 5.69 Å². The number of carbonyl (C=O) groups excluding carboxylic acids is 1. The third-order valence-corrected chi connectivity index (χ3v) is 3.63. The molecule has 0 saturated carbocycles. The van der Waals surface area contributed by atoms with Gasteiger partial charge in [-0.15, -0.1) is 0 Å². The molecule has 1 N–H and O–H groups in total. The maximum Gasteiger partial charge on any atom is 0.343 e. The summed E-state index contributed by atoms with van der Waals surface area (Å²) in [6, 6.07) is 17.6. The number of anilines is 1. The molecule has 28 heavy (non-hydrogen) atoms. The van der Waals surface area contributed by atoms with Crippen LogP contribution in [0.25, 0.3) is 0 Å². The number of hydrazone groups is 1. The molecular weight excluding hydrogens is 365 g/mol. The zero-order valence-electron chi connectivity index (χ0n) is 14.4. The Hall–Kier alpha value is -4.07. The van der Waals surface area contributed by atoms with Crippen molar-refractivity contribution >= 4 is 23.6 Å². The van der Waals surface area contributed by atoms with E-state index in [9.17, 15) is 19.3 Å². The van der Waals surface area contributed by atoms with Crippen molar-refractivity contribution in [2.24, 2.45) is 5.10 Å². The first-order chi connectivity index (χ1) is 13.5. The molecule has 0 atom stereocenters. The lowest BCUT2D eigenvalue weighted by Gasteiger charge is -2.04. The quantitative estimate of drug-likeness (QED) is 0.225. The molecule has 140 valence electrons. The number of non-ortho nitro benzene ring substituents is 1. The van der Waals surface area contributed by atoms with Crippen LogP contribution in [0.15, 0.2) is 77.9 Å². The minimum Gasteiger partial charge on any atom is -0.423 e. The van der Waals surface area contributed by atoms with E-state index in [0.717, 1.165) is 5.56 Å². The molecule has 8 heteroatoms. The van der Waals surface area contributed by atoms with E-state index in [2.05, 4.69) is 10.5 Å². The number of esters is 1. The van der Waals surface area contributed by atoms with Crippen molar-refractivity contribution in [2.45, 2.75) is 0 Å². The summed E-state index contributed by atoms with van der Waals surface area (Å²) in [7, 11) is 0. The molecule has 0 spiro atoms. The fourth-order valence-electron chi connectivity index (χ4n) is 2.24. The Bertz CT molecular complexity index is 1020. The molecule has 0 unspecified atom stereocenters. The molecule has 0 aliphatic carbocycles. The molecule has 0 aromatic heterocycles. The van der Waals surface area contributed by atoms with Crippen LogP contribution in [0.3, 0.4) is 0 Å². The van der Waals surface area contributed by atoms with E-state index >= 15 is 0 Å². The normalized spacial score (nSPS) is 10.6. The fraction of sp³-hybridized carbons (Fsp3) is 0. The van der Waals surface area contributed by atoms with Gasteiger partial charge in [0.1, 0.15) is 11.6 Å². The predicted molar refractivity (Wildman–Crippen MR) is 102 cm³/mol. The molecular formula is C20H14FN3O4. The molecule has 3 rings (SSSR count). The second kappa shape index (κ2) is 8.54. The van der Waals surface area contributed by atoms with Crippen molar-refractivity contribution in [3.8, 4) is 5.75 Å². The fourth-order valence-corrected chi connectivity index (χ4v) is 2.24. The lowest BCUT2D eigenvalue weighted by Crippen LogP contribution is -2.08. The van der Waals surface area contributed by atoms with E-state index in [0.29, 0.717) is 11.4 Å². The number of hydrogen-bond donors (Lipinski definition) is 1. The van der Waals surface area contributed by atoms with Gasteiger partial charge in [0.05, 0.1) is 22.4 Å². The van der Waals surface area contributed by atoms with Gasteiger partial charge in [-0.2, -0.15) is 5.10 Å². The first-order valence-corrected chi connectivity index (χ1v) is 8.12. The minimum absolute atomic E-state index is 0.0347. The summed E-state index contributed by atoms with van der Waals surface area (Å²) in [5, 5.41) is 14.8. The van der Waals surface area contributed by atoms with Gasteiger partial charge in [-0.25, -0.2) is 9.18 Å². The molecule has 3 aromatic rings. The van der Waals surface area contributed by atoms with Crippen molar-refractivity contribution in [3.63, 3.8) is 0 Å². The number of ether oxygens (including phenoxy) is 1. The van der Waals surface area contributed by atoms with E-state index in [1.807, 2.05) is 0 Å². The number of rotatable bonds is 6. The van der Waals surface area contributed by atoms with E-state index in [1.54, 1.807) is 36.4 Å². The highest BCUT2D eigenvalue weighted by Gasteiger charge is 2.08. The van der Waals surface area contributed by atoms with Crippen LogP contribution in [0.1, 0.15) is 15.9 Å². The van der Waals surface area contributed by atoms with Crippen LogP contribution >= 0.6 is 0 Å². The number of nitrogens with one attached hydrogen (secondary N) is 1. The molecule has 0 heterocycles. The van der Waals surface area contributed by atoms with Gasteiger partial charge < -0.3 is 4.74 Å². The Morgan fingerprint density at radius 1 is 1.07 bits per heavy atom. The summed E-state index contributed by atoms with van der Waals surface area (Å²) >= 11 is 0. The summed E-state index contributed by atoms with van der Waals surface area (Å²) in [6.45, 7) is 0. The highest BCUT2D eigenvalue weighted by Crippen LogP contribution is 2.17. The van der Waals surface area contributed by atoms with Gasteiger partial charge in [0, 0.05) is 12.1 Å². The average Bonchev–Trinajstić information content (AvgIpc) is 2.70. The summed E-state index contributed by atoms with van der Waals surface area (Å²) in [5.41, 5.74) is 4.12. The highest BCUT2D eigenvalue weighted by molar-refractivity contribution is 5.91. The first-order valence-electron chi connectivity index (χ1n) is 8.12. The number of nitrogens with zero attached hydrogens (tertiary/aromatic N) is 2. The number of nitro benzene ring substituents is 1. The largest absolute Gasteiger partial charge is 0.423 e. The Labute approximate surface area is 159 Å². The summed E-state index contributed by atoms with van der Waals surface area (Å²) < 4.78 is 18.1. The SMILES string of the molecule is O=C(Oc1ccc(C=NNc2cccc([N+](=O)[O-])c2)cc1)c1ccc(F)cc1. The molecule has 0 aliphatic heterocycles. The maximum atomic E-state index is 12.9. The van der Waals surface area contributed by atoms with Crippen LogP contribution in [0.5, 0.6) is 5.75 Å². The minimum atomic E-state index is -0.589. The lowest BCUT2D eigenvalue weighted by atomic mass is 10.2. The molecule has 0 amide bonds. The second-order valence-electron chi connectivity index (χ2n) is 5.64. The van der Waals surface area contributed by atoms with Gasteiger partial charge in [-0.1, -0.05) is 6.07 Å². The van der Waals surface area contributed by atoms with Crippen molar-refractivity contribution < 1.29 is 18.8 Å². The predicted octanol–water partition coefficient (Wildman–Crippen LogP) is 4.40. The van der Waals surface area contributed by atoms with Crippen molar-refractivity contribution in [1.82, 2.24) is 0 Å². The van der Waals surface area contributed by atoms with Crippen molar-refractivity contribution in [1.29, 1.82) is 0 Å². The van der Waals surface area contributed by atoms with E-state index < -0.39 is 16.7 Å². The highest BCUT2D eigenvalue weighted by atomic mass is 19.1. The summed E-state index contributed by atoms with van der Waals surface area (Å²) in [5.74, 6) is -0.689. The lowest BCUT2D eigenvalue weighted by molar-refractivity contribution is -0.384. The molecule has 0 aliphatic rings. The molecule has 0 saturated heterocycles. The number of hydrogen-bond acceptors (Lipinski definition) is 6. The van der Waals surface area contributed by atoms with Crippen LogP contribution in [0, 0.1) is 15.9 Å². The topological polar surface area (TPSA) is 93.8 Å². The van der Waals surface area contributed by atoms with Crippen LogP contribution < -0.4 is 10.2 Å². The second-order valence-corrected chi connectivity index (χ2v) is 5.64. The van der Waals surface area contributed by atoms with E-state index in [4.69, 9.17) is 4.74 Å². The van der Waals surface area contributed by atoms with Crippen LogP contribution in [-0.4, -0.2) is 17.1 Å². The van der Waals surface area contributed by atoms with Crippen molar-refractivity contribution in [2.75, 3.05) is 5.43 Å². The Morgan fingerprint density at radius 2 is 1.79 bits per heavy atom. The van der Waals surface area contributed by atoms with Gasteiger partial charge in [-0.3, -0.25) is 15.5 Å². The molecule has 0 radical (unpaired) electrons. The van der Waals surface area contributed by atoms with E-state index in [-0.39, 0.29) is 11.3 Å². The average molecular weight is 379 g/mol. The third kappa shape index (κ3) is 4.98. The number of benzene rings is 3. The monoisotopic (exact) mass is 379 g/mol. The zero-order valence-corrected chi connectivity index (χ0v) is 14.4. The summed E-state index contributed by atoms with van der Waals surface area (Å²) in [6.07, 6.45) is 1.52. The number of carbonyl (C=O) groups is 1. The molecule has 3 aromatic carbocycles. The van der Waals surface area contributed by atoms with Gasteiger partial charge in [0.15, 0.2) is 0 Å².